The highest BCUT2D eigenvalue weighted by molar-refractivity contribution is 5.84. The zero-order valence-electron chi connectivity index (χ0n) is 20.0. The molecule has 1 fully saturated rings. The van der Waals surface area contributed by atoms with E-state index in [2.05, 4.69) is 94.3 Å². The summed E-state index contributed by atoms with van der Waals surface area (Å²) in [6.07, 6.45) is 3.67. The van der Waals surface area contributed by atoms with E-state index in [0.29, 0.717) is 0 Å². The number of aryl methyl sites for hydroxylation is 1. The largest absolute Gasteiger partial charge is 0.356 e. The molecule has 174 valence electrons. The van der Waals surface area contributed by atoms with Gasteiger partial charge in [0.1, 0.15) is 11.6 Å². The number of imidazole rings is 1. The third kappa shape index (κ3) is 4.03. The topological polar surface area (TPSA) is 49.7 Å². The molecule has 0 bridgehead atoms. The van der Waals surface area contributed by atoms with Gasteiger partial charge in [-0.2, -0.15) is 5.10 Å². The number of benzene rings is 3. The van der Waals surface area contributed by atoms with Crippen molar-refractivity contribution in [2.45, 2.75) is 26.2 Å². The van der Waals surface area contributed by atoms with E-state index in [1.165, 1.54) is 19.3 Å². The second-order valence-electron chi connectivity index (χ2n) is 9.12. The number of nitrogens with one attached hydrogen (secondary N) is 1. The fourth-order valence-corrected chi connectivity index (χ4v) is 5.05. The Morgan fingerprint density at radius 3 is 1.97 bits per heavy atom. The van der Waals surface area contributed by atoms with Crippen LogP contribution in [0, 0.1) is 6.92 Å². The second kappa shape index (κ2) is 9.26. The van der Waals surface area contributed by atoms with Crippen molar-refractivity contribution in [2.24, 2.45) is 0 Å². The lowest BCUT2D eigenvalue weighted by Gasteiger charge is -2.30. The Hall–Kier alpha value is -4.12. The first-order chi connectivity index (χ1) is 17.3. The molecule has 2 aromatic heterocycles. The first-order valence-electron chi connectivity index (χ1n) is 12.4. The molecule has 6 rings (SSSR count). The first-order valence-corrected chi connectivity index (χ1v) is 12.4. The number of H-pyrrole nitrogens is 1. The van der Waals surface area contributed by atoms with E-state index in [1.807, 2.05) is 18.2 Å². The number of anilines is 1. The molecule has 0 unspecified atom stereocenters. The van der Waals surface area contributed by atoms with Crippen LogP contribution in [-0.2, 0) is 0 Å². The highest BCUT2D eigenvalue weighted by atomic mass is 15.4. The van der Waals surface area contributed by atoms with Gasteiger partial charge in [0.25, 0.3) is 0 Å². The van der Waals surface area contributed by atoms with E-state index in [-0.39, 0.29) is 0 Å². The third-order valence-corrected chi connectivity index (χ3v) is 6.74. The van der Waals surface area contributed by atoms with E-state index < -0.39 is 0 Å². The van der Waals surface area contributed by atoms with Crippen molar-refractivity contribution in [3.8, 4) is 39.6 Å². The van der Waals surface area contributed by atoms with Crippen LogP contribution in [0.4, 0.5) is 5.82 Å². The fourth-order valence-electron chi connectivity index (χ4n) is 5.05. The zero-order valence-corrected chi connectivity index (χ0v) is 20.0. The van der Waals surface area contributed by atoms with Gasteiger partial charge in [0, 0.05) is 24.2 Å². The SMILES string of the molecule is Cc1nn(-c2ccccc2)c(N2CCCCC2)c1-c1nc(-c2ccccc2)c(-c2ccccc2)[nH]1. The number of nitrogens with zero attached hydrogens (tertiary/aromatic N) is 4. The van der Waals surface area contributed by atoms with Gasteiger partial charge < -0.3 is 9.88 Å². The monoisotopic (exact) mass is 459 g/mol. The number of aromatic nitrogens is 4. The Morgan fingerprint density at radius 1 is 0.714 bits per heavy atom. The van der Waals surface area contributed by atoms with Gasteiger partial charge in [-0.25, -0.2) is 9.67 Å². The Morgan fingerprint density at radius 2 is 1.31 bits per heavy atom. The minimum Gasteiger partial charge on any atom is -0.356 e. The smallest absolute Gasteiger partial charge is 0.144 e. The molecule has 1 saturated heterocycles. The van der Waals surface area contributed by atoms with Gasteiger partial charge >= 0.3 is 0 Å². The van der Waals surface area contributed by atoms with Crippen molar-refractivity contribution in [2.75, 3.05) is 18.0 Å². The maximum atomic E-state index is 5.21. The molecule has 0 saturated carbocycles. The normalized spacial score (nSPS) is 13.8. The van der Waals surface area contributed by atoms with Gasteiger partial charge in [-0.1, -0.05) is 78.9 Å². The summed E-state index contributed by atoms with van der Waals surface area (Å²) in [6, 6.07) is 31.3. The standard InChI is InChI=1S/C30H29N5/c1-22-26(30(34-20-12-5-13-21-34)35(33-22)25-18-10-4-11-19-25)29-31-27(23-14-6-2-7-15-23)28(32-29)24-16-8-3-9-17-24/h2-4,6-11,14-19H,5,12-13,20-21H2,1H3,(H,31,32). The number of aromatic amines is 1. The summed E-state index contributed by atoms with van der Waals surface area (Å²) in [5.74, 6) is 1.99. The van der Waals surface area contributed by atoms with Crippen LogP contribution in [0.5, 0.6) is 0 Å². The molecule has 1 N–H and O–H groups in total. The van der Waals surface area contributed by atoms with Crippen molar-refractivity contribution >= 4 is 5.82 Å². The van der Waals surface area contributed by atoms with Crippen LogP contribution < -0.4 is 4.90 Å². The number of para-hydroxylation sites is 1. The average Bonchev–Trinajstić information content (AvgIpc) is 3.52. The summed E-state index contributed by atoms with van der Waals surface area (Å²) < 4.78 is 2.10. The lowest BCUT2D eigenvalue weighted by Crippen LogP contribution is -2.31. The van der Waals surface area contributed by atoms with Crippen molar-refractivity contribution < 1.29 is 0 Å². The van der Waals surface area contributed by atoms with Gasteiger partial charge in [0.2, 0.25) is 0 Å². The summed E-state index contributed by atoms with van der Waals surface area (Å²) in [5, 5.41) is 5.03. The Balaban J connectivity index is 1.57. The van der Waals surface area contributed by atoms with Crippen molar-refractivity contribution in [1.29, 1.82) is 0 Å². The molecule has 0 amide bonds. The van der Waals surface area contributed by atoms with Crippen LogP contribution in [0.3, 0.4) is 0 Å². The zero-order chi connectivity index (χ0) is 23.6. The molecule has 5 heteroatoms. The highest BCUT2D eigenvalue weighted by Crippen LogP contribution is 2.39. The second-order valence-corrected chi connectivity index (χ2v) is 9.12. The van der Waals surface area contributed by atoms with E-state index in [9.17, 15) is 0 Å². The molecule has 0 spiro atoms. The van der Waals surface area contributed by atoms with Crippen LogP contribution in [0.1, 0.15) is 25.0 Å². The number of rotatable bonds is 5. The van der Waals surface area contributed by atoms with Crippen LogP contribution in [0.2, 0.25) is 0 Å². The fraction of sp³-hybridized carbons (Fsp3) is 0.200. The summed E-state index contributed by atoms with van der Waals surface area (Å²) >= 11 is 0. The van der Waals surface area contributed by atoms with Crippen molar-refractivity contribution in [3.63, 3.8) is 0 Å². The molecule has 1 aliphatic rings. The maximum Gasteiger partial charge on any atom is 0.144 e. The molecule has 5 nitrogen and oxygen atoms in total. The quantitative estimate of drug-likeness (QED) is 0.311. The molecule has 5 aromatic rings. The van der Waals surface area contributed by atoms with Gasteiger partial charge in [0.15, 0.2) is 0 Å². The molecule has 3 aromatic carbocycles. The molecule has 0 aliphatic carbocycles. The Bertz CT molecular complexity index is 1360. The number of hydrogen-bond acceptors (Lipinski definition) is 3. The summed E-state index contributed by atoms with van der Waals surface area (Å²) in [4.78, 5) is 11.4. The van der Waals surface area contributed by atoms with Crippen LogP contribution in [-0.4, -0.2) is 32.8 Å². The van der Waals surface area contributed by atoms with E-state index in [1.54, 1.807) is 0 Å². The molecule has 3 heterocycles. The first kappa shape index (κ1) is 21.4. The Kier molecular flexibility index (Phi) is 5.67. The third-order valence-electron chi connectivity index (χ3n) is 6.74. The van der Waals surface area contributed by atoms with E-state index >= 15 is 0 Å². The molecular weight excluding hydrogens is 430 g/mol. The summed E-state index contributed by atoms with van der Waals surface area (Å²) in [7, 11) is 0. The van der Waals surface area contributed by atoms with Gasteiger partial charge in [0.05, 0.1) is 28.3 Å². The van der Waals surface area contributed by atoms with Gasteiger partial charge in [-0.15, -0.1) is 0 Å². The van der Waals surface area contributed by atoms with E-state index in [0.717, 1.165) is 64.2 Å². The van der Waals surface area contributed by atoms with Crippen molar-refractivity contribution in [1.82, 2.24) is 19.7 Å². The molecule has 0 radical (unpaired) electrons. The highest BCUT2D eigenvalue weighted by Gasteiger charge is 2.27. The molecule has 35 heavy (non-hydrogen) atoms. The minimum atomic E-state index is 0.864. The average molecular weight is 460 g/mol. The molecular formula is C30H29N5. The van der Waals surface area contributed by atoms with Crippen LogP contribution in [0.15, 0.2) is 91.0 Å². The van der Waals surface area contributed by atoms with Gasteiger partial charge in [-0.05, 0) is 38.3 Å². The maximum absolute atomic E-state index is 5.21. The lowest BCUT2D eigenvalue weighted by atomic mass is 10.1. The summed E-state index contributed by atoms with van der Waals surface area (Å²) in [6.45, 7) is 4.15. The molecule has 0 atom stereocenters. The van der Waals surface area contributed by atoms with Crippen LogP contribution >= 0.6 is 0 Å². The van der Waals surface area contributed by atoms with Crippen molar-refractivity contribution in [3.05, 3.63) is 96.7 Å². The number of hydrogen-bond donors (Lipinski definition) is 1. The predicted molar refractivity (Wildman–Crippen MR) is 143 cm³/mol. The molecule has 1 aliphatic heterocycles. The van der Waals surface area contributed by atoms with E-state index in [4.69, 9.17) is 10.1 Å². The van der Waals surface area contributed by atoms with Gasteiger partial charge in [-0.3, -0.25) is 0 Å². The Labute approximate surface area is 206 Å². The minimum absolute atomic E-state index is 0.864. The van der Waals surface area contributed by atoms with Crippen LogP contribution in [0.25, 0.3) is 39.6 Å². The lowest BCUT2D eigenvalue weighted by molar-refractivity contribution is 0.568. The summed E-state index contributed by atoms with van der Waals surface area (Å²) in [5.41, 5.74) is 7.34. The number of piperidine rings is 1. The predicted octanol–water partition coefficient (Wildman–Crippen LogP) is 6.90.